The van der Waals surface area contributed by atoms with E-state index >= 15 is 0 Å². The molecule has 2 rings (SSSR count). The summed E-state index contributed by atoms with van der Waals surface area (Å²) in [6, 6.07) is 14.5. The third kappa shape index (κ3) is 10.8. The van der Waals surface area contributed by atoms with E-state index in [0.717, 1.165) is 17.6 Å². The van der Waals surface area contributed by atoms with E-state index in [1.54, 1.807) is 38.5 Å². The van der Waals surface area contributed by atoms with Crippen LogP contribution >= 0.6 is 0 Å². The lowest BCUT2D eigenvalue weighted by Crippen LogP contribution is -1.98. The maximum absolute atomic E-state index is 10.3. The highest BCUT2D eigenvalue weighted by molar-refractivity contribution is 5.79. The molecule has 0 aliphatic rings. The molecule has 0 heterocycles. The van der Waals surface area contributed by atoms with Gasteiger partial charge in [0.05, 0.1) is 25.9 Å². The van der Waals surface area contributed by atoms with Gasteiger partial charge in [0.15, 0.2) is 6.29 Å². The van der Waals surface area contributed by atoms with Crippen LogP contribution in [0.4, 0.5) is 0 Å². The van der Waals surface area contributed by atoms with Gasteiger partial charge in [0.2, 0.25) is 0 Å². The highest BCUT2D eigenvalue weighted by Gasteiger charge is 2.10. The summed E-state index contributed by atoms with van der Waals surface area (Å²) in [6.07, 6.45) is 4.02. The monoisotopic (exact) mass is 414 g/mol. The van der Waals surface area contributed by atoms with Crippen molar-refractivity contribution in [1.29, 1.82) is 0 Å². The van der Waals surface area contributed by atoms with E-state index < -0.39 is 6.10 Å². The second-order valence-electron chi connectivity index (χ2n) is 5.73. The molecule has 0 aliphatic carbocycles. The van der Waals surface area contributed by atoms with E-state index in [1.165, 1.54) is 13.0 Å². The third-order valence-electron chi connectivity index (χ3n) is 3.56. The maximum atomic E-state index is 10.3. The zero-order chi connectivity index (χ0) is 22.8. The van der Waals surface area contributed by atoms with Gasteiger partial charge in [-0.05, 0) is 24.6 Å². The number of carbonyl (C=O) groups is 2. The van der Waals surface area contributed by atoms with Crippen LogP contribution in [0.5, 0.6) is 11.5 Å². The van der Waals surface area contributed by atoms with E-state index in [-0.39, 0.29) is 5.97 Å². The van der Waals surface area contributed by atoms with Gasteiger partial charge >= 0.3 is 5.97 Å². The summed E-state index contributed by atoms with van der Waals surface area (Å²) in [7, 11) is 3.14. The van der Waals surface area contributed by atoms with Crippen molar-refractivity contribution < 1.29 is 28.9 Å². The van der Waals surface area contributed by atoms with E-state index in [4.69, 9.17) is 9.47 Å². The lowest BCUT2D eigenvalue weighted by atomic mass is 10.1. The van der Waals surface area contributed by atoms with Crippen molar-refractivity contribution in [2.24, 2.45) is 0 Å². The minimum atomic E-state index is -0.520. The van der Waals surface area contributed by atoms with Gasteiger partial charge in [0.1, 0.15) is 18.1 Å². The molecule has 0 radical (unpaired) electrons. The Kier molecular flexibility index (Phi) is 14.7. The minimum absolute atomic E-state index is 0.264. The van der Waals surface area contributed by atoms with Crippen LogP contribution in [0.15, 0.2) is 73.8 Å². The van der Waals surface area contributed by atoms with Gasteiger partial charge in [-0.1, -0.05) is 49.1 Å². The number of aldehydes is 1. The van der Waals surface area contributed by atoms with Crippen molar-refractivity contribution in [1.82, 2.24) is 0 Å². The fraction of sp³-hybridized carbons (Fsp3) is 0.250. The number of aliphatic hydroxyl groups excluding tert-OH is 1. The number of para-hydroxylation sites is 2. The lowest BCUT2D eigenvalue weighted by Gasteiger charge is -2.12. The van der Waals surface area contributed by atoms with Crippen LogP contribution in [0.2, 0.25) is 0 Å². The smallest absolute Gasteiger partial charge is 0.302 e. The zero-order valence-electron chi connectivity index (χ0n) is 17.7. The standard InChI is InChI=1S/C11H14O2.C8H8O2.C5H8O2/c1-3-6-10(12)9-7-4-5-8-11(9)13-2;1-10-8-5-3-2-4-7(8)6-9;1-3-4-7-5(2)6/h3-5,7-8,10,12H,1,6H2,2H3;2-6H,1H3;3H,1,4H2,2H3. The number of hydrogen-bond acceptors (Lipinski definition) is 6. The summed E-state index contributed by atoms with van der Waals surface area (Å²) in [6.45, 7) is 8.62. The molecule has 0 spiro atoms. The average Bonchev–Trinajstić information content (AvgIpc) is 2.78. The van der Waals surface area contributed by atoms with Crippen LogP contribution in [0.25, 0.3) is 0 Å². The Hall–Kier alpha value is -3.38. The Morgan fingerprint density at radius 2 is 1.57 bits per heavy atom. The van der Waals surface area contributed by atoms with Crippen LogP contribution in [-0.4, -0.2) is 38.2 Å². The molecule has 0 aromatic heterocycles. The molecule has 0 aliphatic heterocycles. The first-order chi connectivity index (χ1) is 14.4. The molecule has 6 nitrogen and oxygen atoms in total. The summed E-state index contributed by atoms with van der Waals surface area (Å²) >= 11 is 0. The Labute approximate surface area is 178 Å². The normalized spacial score (nSPS) is 10.0. The fourth-order valence-electron chi connectivity index (χ4n) is 2.17. The number of esters is 1. The molecule has 0 saturated carbocycles. The summed E-state index contributed by atoms with van der Waals surface area (Å²) in [5.41, 5.74) is 1.40. The van der Waals surface area contributed by atoms with Crippen LogP contribution in [0.1, 0.15) is 35.4 Å². The average molecular weight is 414 g/mol. The number of hydrogen-bond donors (Lipinski definition) is 1. The number of methoxy groups -OCH3 is 2. The van der Waals surface area contributed by atoms with Gasteiger partial charge in [-0.2, -0.15) is 0 Å². The van der Waals surface area contributed by atoms with E-state index in [0.29, 0.717) is 24.3 Å². The van der Waals surface area contributed by atoms with Crippen LogP contribution < -0.4 is 9.47 Å². The molecule has 0 fully saturated rings. The molecule has 1 N–H and O–H groups in total. The summed E-state index contributed by atoms with van der Waals surface area (Å²) in [5, 5.41) is 9.68. The molecule has 1 atom stereocenters. The van der Waals surface area contributed by atoms with Crippen molar-refractivity contribution in [3.05, 3.63) is 85.0 Å². The summed E-state index contributed by atoms with van der Waals surface area (Å²) in [4.78, 5) is 20.2. The zero-order valence-corrected chi connectivity index (χ0v) is 17.7. The minimum Gasteiger partial charge on any atom is -0.496 e. The van der Waals surface area contributed by atoms with Gasteiger partial charge in [-0.15, -0.1) is 6.58 Å². The fourth-order valence-corrected chi connectivity index (χ4v) is 2.17. The lowest BCUT2D eigenvalue weighted by molar-refractivity contribution is -0.139. The largest absolute Gasteiger partial charge is 0.496 e. The number of benzene rings is 2. The summed E-state index contributed by atoms with van der Waals surface area (Å²) < 4.78 is 14.5. The second-order valence-corrected chi connectivity index (χ2v) is 5.73. The predicted octanol–water partition coefficient (Wildman–Crippen LogP) is 4.55. The molecule has 2 aromatic carbocycles. The Bertz CT molecular complexity index is 785. The number of carbonyl (C=O) groups excluding carboxylic acids is 2. The molecule has 162 valence electrons. The molecular formula is C24H30O6. The molecule has 0 bridgehead atoms. The first-order valence-corrected chi connectivity index (χ1v) is 9.19. The SMILES string of the molecule is C=CCC(O)c1ccccc1OC.C=CCOC(C)=O.COc1ccccc1C=O. The van der Waals surface area contributed by atoms with E-state index in [1.807, 2.05) is 30.3 Å². The van der Waals surface area contributed by atoms with Crippen LogP contribution in [0.3, 0.4) is 0 Å². The topological polar surface area (TPSA) is 82.1 Å². The molecule has 2 aromatic rings. The van der Waals surface area contributed by atoms with Gasteiger partial charge in [0, 0.05) is 12.5 Å². The number of aliphatic hydroxyl groups is 1. The van der Waals surface area contributed by atoms with Crippen molar-refractivity contribution in [3.63, 3.8) is 0 Å². The number of ether oxygens (including phenoxy) is 3. The highest BCUT2D eigenvalue weighted by atomic mass is 16.5. The molecule has 30 heavy (non-hydrogen) atoms. The maximum Gasteiger partial charge on any atom is 0.302 e. The molecular weight excluding hydrogens is 384 g/mol. The second kappa shape index (κ2) is 16.6. The van der Waals surface area contributed by atoms with Crippen molar-refractivity contribution in [2.45, 2.75) is 19.4 Å². The predicted molar refractivity (Wildman–Crippen MR) is 118 cm³/mol. The highest BCUT2D eigenvalue weighted by Crippen LogP contribution is 2.26. The molecule has 6 heteroatoms. The quantitative estimate of drug-likeness (QED) is 0.388. The van der Waals surface area contributed by atoms with E-state index in [2.05, 4.69) is 17.9 Å². The Morgan fingerprint density at radius 1 is 1.00 bits per heavy atom. The Morgan fingerprint density at radius 3 is 2.00 bits per heavy atom. The summed E-state index contributed by atoms with van der Waals surface area (Å²) in [5.74, 6) is 1.08. The Balaban J connectivity index is 0.000000442. The van der Waals surface area contributed by atoms with Gasteiger partial charge in [0.25, 0.3) is 0 Å². The first kappa shape index (κ1) is 26.6. The first-order valence-electron chi connectivity index (χ1n) is 9.19. The van der Waals surface area contributed by atoms with Gasteiger partial charge in [-0.25, -0.2) is 0 Å². The van der Waals surface area contributed by atoms with Crippen molar-refractivity contribution in [2.75, 3.05) is 20.8 Å². The van der Waals surface area contributed by atoms with Crippen molar-refractivity contribution in [3.8, 4) is 11.5 Å². The van der Waals surface area contributed by atoms with Gasteiger partial charge < -0.3 is 19.3 Å². The van der Waals surface area contributed by atoms with E-state index in [9.17, 15) is 14.7 Å². The van der Waals surface area contributed by atoms with Crippen LogP contribution in [-0.2, 0) is 9.53 Å². The van der Waals surface area contributed by atoms with Crippen molar-refractivity contribution >= 4 is 12.3 Å². The number of rotatable bonds is 8. The third-order valence-corrected chi connectivity index (χ3v) is 3.56. The van der Waals surface area contributed by atoms with Gasteiger partial charge in [-0.3, -0.25) is 9.59 Å². The molecule has 0 amide bonds. The van der Waals surface area contributed by atoms with Crippen LogP contribution in [0, 0.1) is 0 Å². The molecule has 0 saturated heterocycles. The molecule has 1 unspecified atom stereocenters.